The fourth-order valence-corrected chi connectivity index (χ4v) is 2.54. The van der Waals surface area contributed by atoms with Crippen molar-refractivity contribution in [1.29, 1.82) is 0 Å². The molecule has 1 heterocycles. The number of rotatable bonds is 3. The second kappa shape index (κ2) is 4.77. The van der Waals surface area contributed by atoms with Gasteiger partial charge in [0.05, 0.1) is 12.7 Å². The third-order valence-electron chi connectivity index (χ3n) is 2.27. The Morgan fingerprint density at radius 1 is 1.41 bits per heavy atom. The fraction of sp³-hybridized carbons (Fsp3) is 0.0833. The van der Waals surface area contributed by atoms with Gasteiger partial charge in [0.25, 0.3) is 0 Å². The summed E-state index contributed by atoms with van der Waals surface area (Å²) in [5, 5.41) is 11.1. The molecule has 1 aromatic heterocycles. The average Bonchev–Trinajstić information content (AvgIpc) is 2.78. The molecule has 3 nitrogen and oxygen atoms in total. The molecule has 0 radical (unpaired) electrons. The SMILES string of the molecule is COc1ccc(Cl)cc1-c1cc(C(=O)O)cs1. The van der Waals surface area contributed by atoms with Gasteiger partial charge in [-0.05, 0) is 24.3 Å². The normalized spacial score (nSPS) is 10.2. The highest BCUT2D eigenvalue weighted by Gasteiger charge is 2.12. The van der Waals surface area contributed by atoms with Crippen molar-refractivity contribution >= 4 is 28.9 Å². The number of ether oxygens (including phenoxy) is 1. The van der Waals surface area contributed by atoms with Crippen LogP contribution in [0.1, 0.15) is 10.4 Å². The summed E-state index contributed by atoms with van der Waals surface area (Å²) >= 11 is 7.28. The Morgan fingerprint density at radius 2 is 2.18 bits per heavy atom. The molecule has 1 aromatic carbocycles. The van der Waals surface area contributed by atoms with Gasteiger partial charge in [-0.3, -0.25) is 0 Å². The van der Waals surface area contributed by atoms with Crippen LogP contribution in [0.5, 0.6) is 5.75 Å². The second-order valence-corrected chi connectivity index (χ2v) is 4.70. The third-order valence-corrected chi connectivity index (χ3v) is 3.47. The van der Waals surface area contributed by atoms with E-state index >= 15 is 0 Å². The lowest BCUT2D eigenvalue weighted by Gasteiger charge is -2.06. The van der Waals surface area contributed by atoms with Crippen LogP contribution in [0, 0.1) is 0 Å². The molecular formula is C12H9ClO3S. The summed E-state index contributed by atoms with van der Waals surface area (Å²) in [5.74, 6) is -0.262. The largest absolute Gasteiger partial charge is 0.496 e. The van der Waals surface area contributed by atoms with Gasteiger partial charge in [0.2, 0.25) is 0 Å². The standard InChI is InChI=1S/C12H9ClO3S/c1-16-10-3-2-8(13)5-9(10)11-4-7(6-17-11)12(14)15/h2-6H,1H3,(H,14,15). The Kier molecular flexibility index (Phi) is 3.36. The number of halogens is 1. The van der Waals surface area contributed by atoms with Gasteiger partial charge >= 0.3 is 5.97 Å². The van der Waals surface area contributed by atoms with Crippen molar-refractivity contribution < 1.29 is 14.6 Å². The number of carboxylic acids is 1. The van der Waals surface area contributed by atoms with Crippen molar-refractivity contribution in [2.75, 3.05) is 7.11 Å². The lowest BCUT2D eigenvalue weighted by atomic mass is 10.1. The summed E-state index contributed by atoms with van der Waals surface area (Å²) in [5.41, 5.74) is 1.07. The van der Waals surface area contributed by atoms with Crippen molar-refractivity contribution in [1.82, 2.24) is 0 Å². The van der Waals surface area contributed by atoms with Gasteiger partial charge in [-0.25, -0.2) is 4.79 Å². The molecular weight excluding hydrogens is 260 g/mol. The summed E-state index contributed by atoms with van der Waals surface area (Å²) in [6.45, 7) is 0. The molecule has 1 N–H and O–H groups in total. The van der Waals surface area contributed by atoms with E-state index in [9.17, 15) is 4.79 Å². The number of aromatic carboxylic acids is 1. The minimum atomic E-state index is -0.937. The van der Waals surface area contributed by atoms with Crippen LogP contribution < -0.4 is 4.74 Å². The van der Waals surface area contributed by atoms with Gasteiger partial charge in [0, 0.05) is 20.8 Å². The minimum Gasteiger partial charge on any atom is -0.496 e. The maximum absolute atomic E-state index is 10.8. The number of methoxy groups -OCH3 is 1. The van der Waals surface area contributed by atoms with Crippen molar-refractivity contribution in [3.63, 3.8) is 0 Å². The molecule has 2 aromatic rings. The van der Waals surface area contributed by atoms with Crippen LogP contribution in [0.15, 0.2) is 29.6 Å². The first kappa shape index (κ1) is 12.0. The van der Waals surface area contributed by atoms with Crippen LogP contribution in [0.4, 0.5) is 0 Å². The molecule has 0 amide bonds. The maximum atomic E-state index is 10.8. The Labute approximate surface area is 107 Å². The number of thiophene rings is 1. The van der Waals surface area contributed by atoms with Crippen molar-refractivity contribution in [2.24, 2.45) is 0 Å². The van der Waals surface area contributed by atoms with E-state index in [1.54, 1.807) is 36.8 Å². The topological polar surface area (TPSA) is 46.5 Å². The Morgan fingerprint density at radius 3 is 2.76 bits per heavy atom. The molecule has 0 atom stereocenters. The summed E-state index contributed by atoms with van der Waals surface area (Å²) in [7, 11) is 1.57. The highest BCUT2D eigenvalue weighted by atomic mass is 35.5. The van der Waals surface area contributed by atoms with Crippen LogP contribution >= 0.6 is 22.9 Å². The number of carboxylic acid groups (broad SMARTS) is 1. The maximum Gasteiger partial charge on any atom is 0.336 e. The van der Waals surface area contributed by atoms with Crippen LogP contribution in [-0.2, 0) is 0 Å². The zero-order valence-corrected chi connectivity index (χ0v) is 10.5. The summed E-state index contributed by atoms with van der Waals surface area (Å²) < 4.78 is 5.23. The third kappa shape index (κ3) is 2.43. The molecule has 0 aliphatic carbocycles. The van der Waals surface area contributed by atoms with Crippen molar-refractivity contribution in [3.8, 4) is 16.2 Å². The van der Waals surface area contributed by atoms with Gasteiger partial charge in [0.1, 0.15) is 5.75 Å². The Balaban J connectivity index is 2.51. The second-order valence-electron chi connectivity index (χ2n) is 3.35. The zero-order valence-electron chi connectivity index (χ0n) is 8.94. The van der Waals surface area contributed by atoms with E-state index in [-0.39, 0.29) is 5.56 Å². The van der Waals surface area contributed by atoms with E-state index in [2.05, 4.69) is 0 Å². The zero-order chi connectivity index (χ0) is 12.4. The van der Waals surface area contributed by atoms with E-state index in [4.69, 9.17) is 21.4 Å². The van der Waals surface area contributed by atoms with Crippen molar-refractivity contribution in [3.05, 3.63) is 40.2 Å². The first-order valence-corrected chi connectivity index (χ1v) is 6.03. The van der Waals surface area contributed by atoms with E-state index in [0.29, 0.717) is 10.8 Å². The molecule has 0 saturated carbocycles. The van der Waals surface area contributed by atoms with Gasteiger partial charge in [-0.2, -0.15) is 0 Å². The number of carbonyl (C=O) groups is 1. The van der Waals surface area contributed by atoms with E-state index in [1.807, 2.05) is 0 Å². The molecule has 0 bridgehead atoms. The molecule has 5 heteroatoms. The molecule has 17 heavy (non-hydrogen) atoms. The van der Waals surface area contributed by atoms with Gasteiger partial charge in [-0.1, -0.05) is 11.6 Å². The average molecular weight is 269 g/mol. The number of benzene rings is 1. The van der Waals surface area contributed by atoms with Crippen molar-refractivity contribution in [2.45, 2.75) is 0 Å². The highest BCUT2D eigenvalue weighted by molar-refractivity contribution is 7.13. The van der Waals surface area contributed by atoms with Crippen LogP contribution in [0.2, 0.25) is 5.02 Å². The van der Waals surface area contributed by atoms with Gasteiger partial charge < -0.3 is 9.84 Å². The van der Waals surface area contributed by atoms with E-state index < -0.39 is 5.97 Å². The molecule has 0 aliphatic rings. The first-order chi connectivity index (χ1) is 8.11. The van der Waals surface area contributed by atoms with Crippen LogP contribution in [-0.4, -0.2) is 18.2 Å². The smallest absolute Gasteiger partial charge is 0.336 e. The molecule has 0 fully saturated rings. The Hall–Kier alpha value is -1.52. The minimum absolute atomic E-state index is 0.270. The molecule has 88 valence electrons. The lowest BCUT2D eigenvalue weighted by Crippen LogP contribution is -1.91. The van der Waals surface area contributed by atoms with E-state index in [0.717, 1.165) is 10.4 Å². The van der Waals surface area contributed by atoms with Crippen LogP contribution in [0.3, 0.4) is 0 Å². The summed E-state index contributed by atoms with van der Waals surface area (Å²) in [4.78, 5) is 11.6. The fourth-order valence-electron chi connectivity index (χ4n) is 1.46. The molecule has 0 unspecified atom stereocenters. The monoisotopic (exact) mass is 268 g/mol. The highest BCUT2D eigenvalue weighted by Crippen LogP contribution is 2.36. The van der Waals surface area contributed by atoms with Crippen LogP contribution in [0.25, 0.3) is 10.4 Å². The predicted molar refractivity (Wildman–Crippen MR) is 68.3 cm³/mol. The first-order valence-electron chi connectivity index (χ1n) is 4.77. The molecule has 0 spiro atoms. The number of hydrogen-bond donors (Lipinski definition) is 1. The predicted octanol–water partition coefficient (Wildman–Crippen LogP) is 3.78. The quantitative estimate of drug-likeness (QED) is 0.922. The molecule has 0 aliphatic heterocycles. The van der Waals surface area contributed by atoms with E-state index in [1.165, 1.54) is 11.3 Å². The van der Waals surface area contributed by atoms with Gasteiger partial charge in [-0.15, -0.1) is 11.3 Å². The summed E-state index contributed by atoms with van der Waals surface area (Å²) in [6.07, 6.45) is 0. The van der Waals surface area contributed by atoms with Gasteiger partial charge in [0.15, 0.2) is 0 Å². The molecule has 2 rings (SSSR count). The molecule has 0 saturated heterocycles. The number of hydrogen-bond acceptors (Lipinski definition) is 3. The Bertz CT molecular complexity index is 563. The summed E-state index contributed by atoms with van der Waals surface area (Å²) in [6, 6.07) is 6.87. The lowest BCUT2D eigenvalue weighted by molar-refractivity contribution is 0.0697.